The number of nitrogens with one attached hydrogen (secondary N) is 2. The lowest BCUT2D eigenvalue weighted by molar-refractivity contribution is 0.164. The molecule has 0 aliphatic carbocycles. The first kappa shape index (κ1) is 12.4. The van der Waals surface area contributed by atoms with Gasteiger partial charge >= 0.3 is 0 Å². The topological polar surface area (TPSA) is 46.2 Å². The summed E-state index contributed by atoms with van der Waals surface area (Å²) < 4.78 is 5.54. The van der Waals surface area contributed by atoms with Gasteiger partial charge in [-0.25, -0.2) is 4.98 Å². The lowest BCUT2D eigenvalue weighted by Gasteiger charge is -2.16. The van der Waals surface area contributed by atoms with E-state index in [1.165, 1.54) is 16.7 Å². The second-order valence-corrected chi connectivity index (χ2v) is 5.32. The number of aromatic nitrogens is 1. The predicted octanol–water partition coefficient (Wildman–Crippen LogP) is 3.55. The van der Waals surface area contributed by atoms with Crippen molar-refractivity contribution in [3.63, 3.8) is 0 Å². The fourth-order valence-corrected chi connectivity index (χ4v) is 2.77. The summed E-state index contributed by atoms with van der Waals surface area (Å²) in [6.45, 7) is 2.31. The van der Waals surface area contributed by atoms with Crippen LogP contribution < -0.4 is 10.6 Å². The maximum Gasteiger partial charge on any atom is 0.135 e. The Kier molecular flexibility index (Phi) is 3.09. The molecule has 0 saturated heterocycles. The van der Waals surface area contributed by atoms with E-state index in [0.29, 0.717) is 6.61 Å². The molecule has 4 nitrogen and oxygen atoms in total. The van der Waals surface area contributed by atoms with E-state index in [9.17, 15) is 0 Å². The molecule has 0 spiro atoms. The number of hydrogen-bond donors (Lipinski definition) is 2. The van der Waals surface area contributed by atoms with Gasteiger partial charge in [0.15, 0.2) is 0 Å². The molecule has 0 fully saturated rings. The van der Waals surface area contributed by atoms with Crippen LogP contribution in [0.25, 0.3) is 5.57 Å². The van der Waals surface area contributed by atoms with Gasteiger partial charge in [-0.3, -0.25) is 0 Å². The molecule has 0 amide bonds. The number of ether oxygens (including phenoxy) is 1. The number of rotatable bonds is 1. The highest BCUT2D eigenvalue weighted by molar-refractivity contribution is 5.81. The summed E-state index contributed by atoms with van der Waals surface area (Å²) in [6.07, 6.45) is 5.08. The van der Waals surface area contributed by atoms with Crippen LogP contribution in [0.2, 0.25) is 0 Å². The third-order valence-electron chi connectivity index (χ3n) is 3.91. The quantitative estimate of drug-likeness (QED) is 0.838. The van der Waals surface area contributed by atoms with E-state index in [1.54, 1.807) is 0 Å². The zero-order chi connectivity index (χ0) is 14.1. The average molecular weight is 279 g/mol. The van der Waals surface area contributed by atoms with Crippen LogP contribution in [0.5, 0.6) is 0 Å². The fourth-order valence-electron chi connectivity index (χ4n) is 2.77. The van der Waals surface area contributed by atoms with Gasteiger partial charge in [-0.2, -0.15) is 0 Å². The summed E-state index contributed by atoms with van der Waals surface area (Å²) in [5.41, 5.74) is 5.84. The van der Waals surface area contributed by atoms with E-state index in [0.717, 1.165) is 36.8 Å². The number of benzene rings is 1. The predicted molar refractivity (Wildman–Crippen MR) is 84.7 cm³/mol. The molecule has 2 aromatic rings. The lowest BCUT2D eigenvalue weighted by Crippen LogP contribution is -2.05. The van der Waals surface area contributed by atoms with Crippen molar-refractivity contribution in [3.8, 4) is 0 Å². The van der Waals surface area contributed by atoms with E-state index < -0.39 is 0 Å². The molecule has 2 N–H and O–H groups in total. The lowest BCUT2D eigenvalue weighted by atomic mass is 10.0. The molecule has 3 heterocycles. The summed E-state index contributed by atoms with van der Waals surface area (Å²) in [6, 6.07) is 10.5. The number of hydrogen-bond acceptors (Lipinski definition) is 4. The van der Waals surface area contributed by atoms with Gasteiger partial charge in [0, 0.05) is 18.3 Å². The molecule has 0 bridgehead atoms. The normalized spacial score (nSPS) is 16.7. The summed E-state index contributed by atoms with van der Waals surface area (Å²) in [5, 5.41) is 6.90. The third kappa shape index (κ3) is 2.38. The summed E-state index contributed by atoms with van der Waals surface area (Å²) in [4.78, 5) is 4.41. The van der Waals surface area contributed by atoms with Crippen LogP contribution in [0.3, 0.4) is 0 Å². The van der Waals surface area contributed by atoms with Gasteiger partial charge in [-0.1, -0.05) is 18.2 Å². The third-order valence-corrected chi connectivity index (χ3v) is 3.91. The summed E-state index contributed by atoms with van der Waals surface area (Å²) >= 11 is 0. The minimum atomic E-state index is 0.702. The van der Waals surface area contributed by atoms with Crippen LogP contribution in [0.1, 0.15) is 17.5 Å². The first-order chi connectivity index (χ1) is 10.4. The van der Waals surface area contributed by atoms with E-state index in [-0.39, 0.29) is 0 Å². The second-order valence-electron chi connectivity index (χ2n) is 5.32. The van der Waals surface area contributed by atoms with Crippen molar-refractivity contribution in [1.29, 1.82) is 0 Å². The van der Waals surface area contributed by atoms with Crippen molar-refractivity contribution in [1.82, 2.24) is 4.98 Å². The maximum absolute atomic E-state index is 5.54. The highest BCUT2D eigenvalue weighted by Gasteiger charge is 2.14. The van der Waals surface area contributed by atoms with Crippen molar-refractivity contribution < 1.29 is 4.74 Å². The van der Waals surface area contributed by atoms with E-state index in [4.69, 9.17) is 4.74 Å². The highest BCUT2D eigenvalue weighted by atomic mass is 16.5. The van der Waals surface area contributed by atoms with Gasteiger partial charge in [-0.05, 0) is 35.8 Å². The van der Waals surface area contributed by atoms with E-state index in [2.05, 4.69) is 46.0 Å². The molecule has 1 aromatic carbocycles. The van der Waals surface area contributed by atoms with Gasteiger partial charge in [-0.15, -0.1) is 0 Å². The number of anilines is 3. The molecule has 4 heteroatoms. The Morgan fingerprint density at radius 3 is 3.05 bits per heavy atom. The van der Waals surface area contributed by atoms with Crippen LogP contribution in [0.15, 0.2) is 42.6 Å². The number of pyridine rings is 1. The van der Waals surface area contributed by atoms with Gasteiger partial charge in [0.25, 0.3) is 0 Å². The van der Waals surface area contributed by atoms with E-state index >= 15 is 0 Å². The van der Waals surface area contributed by atoms with Crippen LogP contribution in [-0.4, -0.2) is 18.2 Å². The minimum absolute atomic E-state index is 0.702. The van der Waals surface area contributed by atoms with Gasteiger partial charge in [0.1, 0.15) is 5.82 Å². The van der Waals surface area contributed by atoms with Crippen molar-refractivity contribution in [2.75, 3.05) is 23.8 Å². The molecule has 0 unspecified atom stereocenters. The van der Waals surface area contributed by atoms with Crippen molar-refractivity contribution >= 4 is 22.8 Å². The van der Waals surface area contributed by atoms with Crippen LogP contribution in [0, 0.1) is 0 Å². The van der Waals surface area contributed by atoms with Crippen LogP contribution in [0.4, 0.5) is 17.2 Å². The Labute approximate surface area is 123 Å². The first-order valence-electron chi connectivity index (χ1n) is 7.26. The van der Waals surface area contributed by atoms with Gasteiger partial charge in [0.2, 0.25) is 0 Å². The Morgan fingerprint density at radius 1 is 1.14 bits per heavy atom. The Morgan fingerprint density at radius 2 is 2.14 bits per heavy atom. The monoisotopic (exact) mass is 279 g/mol. The molecule has 2 aliphatic heterocycles. The summed E-state index contributed by atoms with van der Waals surface area (Å²) in [7, 11) is 0. The Bertz CT molecular complexity index is 709. The second kappa shape index (κ2) is 5.22. The zero-order valence-corrected chi connectivity index (χ0v) is 11.7. The SMILES string of the molecule is C1=C(c2ccc3c(c2)NCc2cccnc2N3)COCC1. The molecule has 1 aromatic heterocycles. The smallest absolute Gasteiger partial charge is 0.135 e. The molecule has 21 heavy (non-hydrogen) atoms. The Balaban J connectivity index is 1.69. The molecule has 2 aliphatic rings. The standard InChI is InChI=1S/C17H17N3O/c1-3-13-10-19-16-9-12(14-4-2-8-21-11-14)5-6-15(16)20-17(13)18-7-1/h1,3-7,9,19H,2,8,10-11H2,(H,18,20). The fraction of sp³-hybridized carbons (Fsp3) is 0.235. The molecular formula is C17H17N3O. The molecule has 106 valence electrons. The van der Waals surface area contributed by atoms with Crippen LogP contribution >= 0.6 is 0 Å². The minimum Gasteiger partial charge on any atom is -0.379 e. The average Bonchev–Trinajstić information content (AvgIpc) is 2.74. The number of fused-ring (bicyclic) bond motifs is 2. The van der Waals surface area contributed by atoms with Crippen LogP contribution in [-0.2, 0) is 11.3 Å². The zero-order valence-electron chi connectivity index (χ0n) is 11.7. The van der Waals surface area contributed by atoms with Crippen molar-refractivity contribution in [3.05, 3.63) is 53.7 Å². The summed E-state index contributed by atoms with van der Waals surface area (Å²) in [5.74, 6) is 0.928. The first-order valence-corrected chi connectivity index (χ1v) is 7.26. The van der Waals surface area contributed by atoms with Crippen molar-refractivity contribution in [2.45, 2.75) is 13.0 Å². The Hall–Kier alpha value is -2.33. The van der Waals surface area contributed by atoms with Gasteiger partial charge in [0.05, 0.1) is 24.6 Å². The molecule has 0 atom stereocenters. The van der Waals surface area contributed by atoms with E-state index in [1.807, 2.05) is 12.3 Å². The molecule has 0 saturated carbocycles. The molecular weight excluding hydrogens is 262 g/mol. The molecule has 4 rings (SSSR count). The highest BCUT2D eigenvalue weighted by Crippen LogP contribution is 2.33. The van der Waals surface area contributed by atoms with Gasteiger partial charge < -0.3 is 15.4 Å². The molecule has 0 radical (unpaired) electrons. The maximum atomic E-state index is 5.54. The largest absolute Gasteiger partial charge is 0.379 e. The number of nitrogens with zero attached hydrogens (tertiary/aromatic N) is 1. The van der Waals surface area contributed by atoms with Crippen molar-refractivity contribution in [2.24, 2.45) is 0 Å².